The van der Waals surface area contributed by atoms with Gasteiger partial charge >= 0.3 is 23.9 Å². The normalized spacial score (nSPS) is 30.4. The lowest BCUT2D eigenvalue weighted by Gasteiger charge is -2.34. The van der Waals surface area contributed by atoms with E-state index < -0.39 is 72.8 Å². The Morgan fingerprint density at radius 1 is 1.00 bits per heavy atom. The summed E-state index contributed by atoms with van der Waals surface area (Å²) in [5.41, 5.74) is 5.32. The number of aryl methyl sites for hydroxylation is 1. The number of fused-ring (bicyclic) bond motifs is 1. The van der Waals surface area contributed by atoms with Crippen LogP contribution in [0.1, 0.15) is 31.2 Å². The van der Waals surface area contributed by atoms with E-state index in [-0.39, 0.29) is 35.8 Å². The summed E-state index contributed by atoms with van der Waals surface area (Å²) in [7, 11) is 0. The Morgan fingerprint density at radius 2 is 1.56 bits per heavy atom. The maximum Gasteiger partial charge on any atom is 0.329 e. The number of ether oxygens (including phenoxy) is 4. The Balaban J connectivity index is 0.00000353. The van der Waals surface area contributed by atoms with Crippen LogP contribution in [0.3, 0.4) is 0 Å². The Kier molecular flexibility index (Phi) is 8.79. The summed E-state index contributed by atoms with van der Waals surface area (Å²) in [6.07, 6.45) is 1.82. The molecule has 0 unspecified atom stereocenters. The second-order valence-electron chi connectivity index (χ2n) is 10.5. The zero-order valence-electron chi connectivity index (χ0n) is 21.2. The first kappa shape index (κ1) is 29.6. The average Bonchev–Trinajstić information content (AvgIpc) is 3.76. The second-order valence-corrected chi connectivity index (χ2v) is 11.6. The third-order valence-corrected chi connectivity index (χ3v) is 8.96. The van der Waals surface area contributed by atoms with Crippen LogP contribution in [0.25, 0.3) is 0 Å². The highest BCUT2D eigenvalue weighted by molar-refractivity contribution is 7.99. The fourth-order valence-corrected chi connectivity index (χ4v) is 6.54. The average molecular weight is 588 g/mol. The van der Waals surface area contributed by atoms with Crippen LogP contribution in [-0.4, -0.2) is 60.0 Å². The molecule has 0 aliphatic heterocycles. The lowest BCUT2D eigenvalue weighted by atomic mass is 9.81. The summed E-state index contributed by atoms with van der Waals surface area (Å²) >= 11 is 1.29. The van der Waals surface area contributed by atoms with Gasteiger partial charge in [-0.1, -0.05) is 0 Å². The molecule has 0 radical (unpaired) electrons. The van der Waals surface area contributed by atoms with Crippen molar-refractivity contribution in [1.82, 2.24) is 0 Å². The van der Waals surface area contributed by atoms with E-state index in [4.69, 9.17) is 24.7 Å². The van der Waals surface area contributed by atoms with Crippen molar-refractivity contribution in [1.29, 1.82) is 0 Å². The Hall–Kier alpha value is -2.41. The number of esters is 4. The van der Waals surface area contributed by atoms with Crippen LogP contribution in [0.5, 0.6) is 0 Å². The topological polar surface area (TPSA) is 151 Å². The minimum absolute atomic E-state index is 0. The van der Waals surface area contributed by atoms with Crippen LogP contribution >= 0.6 is 24.2 Å². The molecule has 0 spiro atoms. The molecule has 3 N–H and O–H groups in total. The van der Waals surface area contributed by atoms with E-state index in [1.807, 2.05) is 0 Å². The third kappa shape index (κ3) is 6.03. The summed E-state index contributed by atoms with van der Waals surface area (Å²) in [4.78, 5) is 50.2. The van der Waals surface area contributed by atoms with Gasteiger partial charge in [-0.15, -0.1) is 24.2 Å². The standard InChI is InChI=1S/C26H30FNO9S.ClH/c1-12-8-15(6-7-17(12)27)38-9-16-21(29)18-19(24(32)36-10-34-22(30)13-2-3-13)20(18)26(16,28)25(33)37-11-35-23(31)14-4-5-14;/h6-8,13-14,16,18-21,29H,2-5,9-11,28H2,1H3;1H/t16-,18+,19+,20+,21-,26+;/m1./s1. The van der Waals surface area contributed by atoms with Gasteiger partial charge in [0.2, 0.25) is 13.6 Å². The van der Waals surface area contributed by atoms with Gasteiger partial charge in [0.25, 0.3) is 0 Å². The van der Waals surface area contributed by atoms with Crippen LogP contribution in [0, 0.1) is 48.2 Å². The van der Waals surface area contributed by atoms with E-state index in [0.29, 0.717) is 5.56 Å². The Bertz CT molecular complexity index is 1150. The fraction of sp³-hybridized carbons (Fsp3) is 0.615. The van der Waals surface area contributed by atoms with Gasteiger partial charge in [-0.05, 0) is 56.4 Å². The number of aliphatic hydroxyl groups excluding tert-OH is 1. The zero-order valence-corrected chi connectivity index (χ0v) is 22.8. The van der Waals surface area contributed by atoms with Crippen molar-refractivity contribution in [3.05, 3.63) is 29.6 Å². The number of benzene rings is 1. The monoisotopic (exact) mass is 587 g/mol. The van der Waals surface area contributed by atoms with Crippen molar-refractivity contribution >= 4 is 48.0 Å². The molecule has 4 aliphatic carbocycles. The van der Waals surface area contributed by atoms with Crippen molar-refractivity contribution < 1.29 is 47.6 Å². The molecule has 0 aromatic heterocycles. The SMILES string of the molecule is Cc1cc(SC[C@@H]2[C@@H](O)[C@H]3[C@H](C(=O)OCOC(=O)C4CC4)[C@H]3[C@]2(N)C(=O)OCOC(=O)C2CC2)ccc1F.Cl. The minimum atomic E-state index is -1.77. The smallest absolute Gasteiger partial charge is 0.329 e. The summed E-state index contributed by atoms with van der Waals surface area (Å²) in [6, 6.07) is 4.57. The van der Waals surface area contributed by atoms with Gasteiger partial charge in [-0.25, -0.2) is 9.18 Å². The van der Waals surface area contributed by atoms with Crippen molar-refractivity contribution in [2.24, 2.45) is 41.2 Å². The zero-order chi connectivity index (χ0) is 27.2. The molecule has 4 aliphatic rings. The Morgan fingerprint density at radius 3 is 2.13 bits per heavy atom. The molecule has 5 rings (SSSR count). The molecule has 13 heteroatoms. The number of aliphatic hydroxyl groups is 1. The molecule has 0 heterocycles. The highest BCUT2D eigenvalue weighted by Gasteiger charge is 2.78. The van der Waals surface area contributed by atoms with Crippen LogP contribution in [0.2, 0.25) is 0 Å². The molecule has 214 valence electrons. The number of carbonyl (C=O) groups is 4. The van der Waals surface area contributed by atoms with Gasteiger partial charge < -0.3 is 29.8 Å². The summed E-state index contributed by atoms with van der Waals surface area (Å²) in [5, 5.41) is 11.1. The van der Waals surface area contributed by atoms with Crippen molar-refractivity contribution in [3.8, 4) is 0 Å². The first-order valence-corrected chi connectivity index (χ1v) is 13.6. The lowest BCUT2D eigenvalue weighted by Crippen LogP contribution is -2.59. The maximum atomic E-state index is 13.7. The molecule has 4 saturated carbocycles. The molecule has 10 nitrogen and oxygen atoms in total. The number of hydrogen-bond donors (Lipinski definition) is 2. The minimum Gasteiger partial charge on any atom is -0.428 e. The molecule has 1 aromatic carbocycles. The fourth-order valence-electron chi connectivity index (χ4n) is 5.28. The van der Waals surface area contributed by atoms with E-state index in [2.05, 4.69) is 0 Å². The molecule has 6 atom stereocenters. The van der Waals surface area contributed by atoms with E-state index in [0.717, 1.165) is 30.6 Å². The van der Waals surface area contributed by atoms with Gasteiger partial charge in [0.15, 0.2) is 0 Å². The van der Waals surface area contributed by atoms with E-state index in [9.17, 15) is 28.7 Å². The number of halogens is 2. The highest BCUT2D eigenvalue weighted by Crippen LogP contribution is 2.64. The van der Waals surface area contributed by atoms with Crippen LogP contribution in [0.15, 0.2) is 23.1 Å². The van der Waals surface area contributed by atoms with Crippen LogP contribution in [-0.2, 0) is 38.1 Å². The largest absolute Gasteiger partial charge is 0.428 e. The van der Waals surface area contributed by atoms with Gasteiger partial charge in [-0.3, -0.25) is 14.4 Å². The summed E-state index contributed by atoms with van der Waals surface area (Å²) in [5.74, 6) is -6.15. The molecule has 4 fully saturated rings. The summed E-state index contributed by atoms with van der Waals surface area (Å²) in [6.45, 7) is 0.455. The highest BCUT2D eigenvalue weighted by atomic mass is 35.5. The molecule has 0 saturated heterocycles. The van der Waals surface area contributed by atoms with Crippen LogP contribution < -0.4 is 5.73 Å². The van der Waals surface area contributed by atoms with Gasteiger partial charge in [0.1, 0.15) is 11.4 Å². The van der Waals surface area contributed by atoms with Gasteiger partial charge in [0.05, 0.1) is 23.9 Å². The van der Waals surface area contributed by atoms with Crippen LogP contribution in [0.4, 0.5) is 4.39 Å². The maximum absolute atomic E-state index is 13.7. The predicted octanol–water partition coefficient (Wildman–Crippen LogP) is 2.11. The quantitative estimate of drug-likeness (QED) is 0.222. The van der Waals surface area contributed by atoms with Gasteiger partial charge in [-0.2, -0.15) is 0 Å². The predicted molar refractivity (Wildman–Crippen MR) is 136 cm³/mol. The Labute approximate surface area is 234 Å². The van der Waals surface area contributed by atoms with Crippen molar-refractivity contribution in [3.63, 3.8) is 0 Å². The first-order valence-electron chi connectivity index (χ1n) is 12.7. The molecular weight excluding hydrogens is 557 g/mol. The third-order valence-electron chi connectivity index (χ3n) is 7.85. The first-order chi connectivity index (χ1) is 18.1. The number of carbonyl (C=O) groups excluding carboxylic acids is 4. The van der Waals surface area contributed by atoms with Crippen molar-refractivity contribution in [2.75, 3.05) is 19.3 Å². The lowest BCUT2D eigenvalue weighted by molar-refractivity contribution is -0.174. The van der Waals surface area contributed by atoms with E-state index >= 15 is 0 Å². The summed E-state index contributed by atoms with van der Waals surface area (Å²) < 4.78 is 33.9. The molecule has 1 aromatic rings. The van der Waals surface area contributed by atoms with Gasteiger partial charge in [0, 0.05) is 28.4 Å². The number of hydrogen-bond acceptors (Lipinski definition) is 11. The van der Waals surface area contributed by atoms with Crippen molar-refractivity contribution in [2.45, 2.75) is 49.1 Å². The number of nitrogens with two attached hydrogens (primary N) is 1. The molecule has 0 amide bonds. The number of rotatable bonds is 11. The molecular formula is C26H31ClFNO9S. The van der Waals surface area contributed by atoms with E-state index in [1.165, 1.54) is 17.8 Å². The van der Waals surface area contributed by atoms with E-state index in [1.54, 1.807) is 19.1 Å². The molecule has 39 heavy (non-hydrogen) atoms. The molecule has 0 bridgehead atoms. The number of thioether (sulfide) groups is 1. The second kappa shape index (κ2) is 11.6.